The number of carbonyl (C=O) groups excluding carboxylic acids is 1. The molecular weight excluding hydrogens is 328 g/mol. The second-order valence-electron chi connectivity index (χ2n) is 3.93. The highest BCUT2D eigenvalue weighted by Crippen LogP contribution is 2.26. The van der Waals surface area contributed by atoms with Gasteiger partial charge in [0, 0.05) is 6.20 Å². The Labute approximate surface area is 121 Å². The highest BCUT2D eigenvalue weighted by molar-refractivity contribution is 9.11. The van der Waals surface area contributed by atoms with Crippen molar-refractivity contribution in [1.29, 1.82) is 0 Å². The molecule has 0 unspecified atom stereocenters. The van der Waals surface area contributed by atoms with Crippen molar-refractivity contribution in [3.63, 3.8) is 0 Å². The average Bonchev–Trinajstić information content (AvgIpc) is 2.90. The molecule has 0 fully saturated rings. The lowest BCUT2D eigenvalue weighted by molar-refractivity contribution is 0.102. The van der Waals surface area contributed by atoms with Crippen LogP contribution >= 0.6 is 27.3 Å². The Morgan fingerprint density at radius 2 is 2.37 bits per heavy atom. The van der Waals surface area contributed by atoms with Crippen LogP contribution in [0.25, 0.3) is 4.83 Å². The number of thiazole rings is 1. The summed E-state index contributed by atoms with van der Waals surface area (Å²) in [7, 11) is 0. The van der Waals surface area contributed by atoms with E-state index in [1.165, 1.54) is 11.3 Å². The van der Waals surface area contributed by atoms with Crippen LogP contribution in [0.3, 0.4) is 0 Å². The fraction of sp³-hybridized carbons (Fsp3) is 0.0833. The zero-order valence-corrected chi connectivity index (χ0v) is 12.3. The molecule has 7 heteroatoms. The molecule has 0 bridgehead atoms. The normalized spacial score (nSPS) is 10.8. The van der Waals surface area contributed by atoms with Gasteiger partial charge < -0.3 is 5.32 Å². The highest BCUT2D eigenvalue weighted by atomic mass is 79.9. The smallest absolute Gasteiger partial charge is 0.260 e. The predicted octanol–water partition coefficient (Wildman–Crippen LogP) is 3.11. The van der Waals surface area contributed by atoms with Gasteiger partial charge in [0.2, 0.25) is 0 Å². The van der Waals surface area contributed by atoms with Gasteiger partial charge in [0.1, 0.15) is 4.83 Å². The SMILES string of the molecule is Cc1ncccc1NC(=O)c1cnn2cc(Br)sc12. The minimum Gasteiger partial charge on any atom is -0.320 e. The molecule has 0 aromatic carbocycles. The molecule has 0 aliphatic rings. The molecule has 3 aromatic rings. The van der Waals surface area contributed by atoms with Gasteiger partial charge in [0.05, 0.1) is 33.1 Å². The summed E-state index contributed by atoms with van der Waals surface area (Å²) in [5.41, 5.74) is 2.05. The van der Waals surface area contributed by atoms with Crippen molar-refractivity contribution >= 4 is 43.7 Å². The van der Waals surface area contributed by atoms with Gasteiger partial charge in [-0.15, -0.1) is 11.3 Å². The molecular formula is C12H9BrN4OS. The molecule has 0 atom stereocenters. The highest BCUT2D eigenvalue weighted by Gasteiger charge is 2.15. The van der Waals surface area contributed by atoms with E-state index in [1.54, 1.807) is 23.0 Å². The van der Waals surface area contributed by atoms with Gasteiger partial charge in [-0.25, -0.2) is 4.52 Å². The van der Waals surface area contributed by atoms with Crippen LogP contribution in [0.2, 0.25) is 0 Å². The third kappa shape index (κ3) is 2.26. The molecule has 0 spiro atoms. The minimum atomic E-state index is -0.180. The number of aromatic nitrogens is 3. The molecule has 0 saturated carbocycles. The monoisotopic (exact) mass is 336 g/mol. The lowest BCUT2D eigenvalue weighted by Crippen LogP contribution is -2.12. The Hall–Kier alpha value is -1.73. The van der Waals surface area contributed by atoms with E-state index in [1.807, 2.05) is 19.2 Å². The molecule has 0 saturated heterocycles. The lowest BCUT2D eigenvalue weighted by Gasteiger charge is -2.05. The fourth-order valence-corrected chi connectivity index (χ4v) is 3.16. The summed E-state index contributed by atoms with van der Waals surface area (Å²) in [6.45, 7) is 1.85. The van der Waals surface area contributed by atoms with Crippen molar-refractivity contribution in [1.82, 2.24) is 14.6 Å². The first-order valence-corrected chi connectivity index (χ1v) is 7.12. The Morgan fingerprint density at radius 1 is 1.53 bits per heavy atom. The van der Waals surface area contributed by atoms with Crippen LogP contribution in [0, 0.1) is 6.92 Å². The van der Waals surface area contributed by atoms with Gasteiger partial charge in [0.25, 0.3) is 5.91 Å². The quantitative estimate of drug-likeness (QED) is 0.782. The van der Waals surface area contributed by atoms with Gasteiger partial charge in [-0.2, -0.15) is 5.10 Å². The maximum Gasteiger partial charge on any atom is 0.260 e. The number of fused-ring (bicyclic) bond motifs is 1. The first-order valence-electron chi connectivity index (χ1n) is 5.51. The third-order valence-corrected chi connectivity index (χ3v) is 4.26. The van der Waals surface area contributed by atoms with E-state index >= 15 is 0 Å². The van der Waals surface area contributed by atoms with Crippen molar-refractivity contribution < 1.29 is 4.79 Å². The molecule has 0 aliphatic heterocycles. The van der Waals surface area contributed by atoms with Crippen LogP contribution in [0.15, 0.2) is 34.5 Å². The number of aryl methyl sites for hydroxylation is 1. The molecule has 1 N–H and O–H groups in total. The molecule has 3 heterocycles. The van der Waals surface area contributed by atoms with E-state index in [0.29, 0.717) is 11.3 Å². The van der Waals surface area contributed by atoms with Crippen molar-refractivity contribution in [3.8, 4) is 0 Å². The molecule has 19 heavy (non-hydrogen) atoms. The average molecular weight is 337 g/mol. The summed E-state index contributed by atoms with van der Waals surface area (Å²) < 4.78 is 2.61. The molecule has 3 rings (SSSR count). The number of nitrogens with one attached hydrogen (secondary N) is 1. The summed E-state index contributed by atoms with van der Waals surface area (Å²) in [6, 6.07) is 3.61. The van der Waals surface area contributed by atoms with Gasteiger partial charge in [-0.05, 0) is 35.0 Å². The van der Waals surface area contributed by atoms with Crippen LogP contribution in [-0.2, 0) is 0 Å². The van der Waals surface area contributed by atoms with Crippen LogP contribution in [-0.4, -0.2) is 20.5 Å². The minimum absolute atomic E-state index is 0.180. The summed E-state index contributed by atoms with van der Waals surface area (Å²) in [4.78, 5) is 17.2. The van der Waals surface area contributed by atoms with Crippen LogP contribution in [0.1, 0.15) is 16.1 Å². The Bertz CT molecular complexity index is 764. The topological polar surface area (TPSA) is 59.3 Å². The predicted molar refractivity (Wildman–Crippen MR) is 77.7 cm³/mol. The standard InChI is InChI=1S/C12H9BrN4OS/c1-7-9(3-2-4-14-7)16-11(18)8-5-15-17-6-10(13)19-12(8)17/h2-6H,1H3,(H,16,18). The van der Waals surface area contributed by atoms with E-state index < -0.39 is 0 Å². The lowest BCUT2D eigenvalue weighted by atomic mass is 10.3. The van der Waals surface area contributed by atoms with Crippen LogP contribution in [0.4, 0.5) is 5.69 Å². The van der Waals surface area contributed by atoms with Gasteiger partial charge >= 0.3 is 0 Å². The fourth-order valence-electron chi connectivity index (χ4n) is 1.72. The van der Waals surface area contributed by atoms with E-state index in [-0.39, 0.29) is 5.91 Å². The number of carbonyl (C=O) groups is 1. The van der Waals surface area contributed by atoms with Crippen LogP contribution < -0.4 is 5.32 Å². The van der Waals surface area contributed by atoms with Gasteiger partial charge in [-0.3, -0.25) is 9.78 Å². The number of amides is 1. The molecule has 3 aromatic heterocycles. The second kappa shape index (κ2) is 4.75. The number of anilines is 1. The van der Waals surface area contributed by atoms with E-state index in [4.69, 9.17) is 0 Å². The van der Waals surface area contributed by atoms with Crippen molar-refractivity contribution in [2.75, 3.05) is 5.32 Å². The largest absolute Gasteiger partial charge is 0.320 e. The molecule has 96 valence electrons. The summed E-state index contributed by atoms with van der Waals surface area (Å²) in [5, 5.41) is 7.00. The number of hydrogen-bond donors (Lipinski definition) is 1. The van der Waals surface area contributed by atoms with Crippen molar-refractivity contribution in [2.45, 2.75) is 6.92 Å². The van der Waals surface area contributed by atoms with E-state index in [9.17, 15) is 4.79 Å². The Balaban J connectivity index is 1.94. The molecule has 0 aliphatic carbocycles. The molecule has 0 radical (unpaired) electrons. The van der Waals surface area contributed by atoms with E-state index in [0.717, 1.165) is 14.3 Å². The van der Waals surface area contributed by atoms with Gasteiger partial charge in [0.15, 0.2) is 0 Å². The van der Waals surface area contributed by atoms with E-state index in [2.05, 4.69) is 31.3 Å². The molecule has 1 amide bonds. The second-order valence-corrected chi connectivity index (χ2v) is 6.34. The maximum absolute atomic E-state index is 12.2. The summed E-state index contributed by atoms with van der Waals surface area (Å²) >= 11 is 4.85. The maximum atomic E-state index is 12.2. The Kier molecular flexibility index (Phi) is 3.08. The number of nitrogens with zero attached hydrogens (tertiary/aromatic N) is 3. The summed E-state index contributed by atoms with van der Waals surface area (Å²) in [5.74, 6) is -0.180. The van der Waals surface area contributed by atoms with Crippen molar-refractivity contribution in [2.24, 2.45) is 0 Å². The molecule has 5 nitrogen and oxygen atoms in total. The third-order valence-electron chi connectivity index (χ3n) is 2.67. The van der Waals surface area contributed by atoms with Gasteiger partial charge in [-0.1, -0.05) is 0 Å². The zero-order valence-electron chi connectivity index (χ0n) is 9.92. The van der Waals surface area contributed by atoms with Crippen LogP contribution in [0.5, 0.6) is 0 Å². The first kappa shape index (κ1) is 12.3. The first-order chi connectivity index (χ1) is 9.15. The number of rotatable bonds is 2. The number of pyridine rings is 1. The number of hydrogen-bond acceptors (Lipinski definition) is 4. The zero-order chi connectivity index (χ0) is 13.4. The van der Waals surface area contributed by atoms with Crippen molar-refractivity contribution in [3.05, 3.63) is 45.8 Å². The number of halogens is 1. The Morgan fingerprint density at radius 3 is 3.16 bits per heavy atom. The summed E-state index contributed by atoms with van der Waals surface area (Å²) in [6.07, 6.45) is 5.09.